The van der Waals surface area contributed by atoms with Crippen molar-refractivity contribution in [3.8, 4) is 0 Å². The summed E-state index contributed by atoms with van der Waals surface area (Å²) in [6.07, 6.45) is 0. The molecule has 1 rings (SSSR count). The zero-order chi connectivity index (χ0) is 19.8. The number of rotatable bonds is 7. The van der Waals surface area contributed by atoms with Crippen LogP contribution in [0.25, 0.3) is 0 Å². The molecule has 0 atom stereocenters. The monoisotopic (exact) mass is 416 g/mol. The number of benzene rings is 1. The van der Waals surface area contributed by atoms with E-state index in [0.29, 0.717) is 22.8 Å². The third-order valence-corrected chi connectivity index (χ3v) is 4.78. The van der Waals surface area contributed by atoms with Gasteiger partial charge in [-0.15, -0.1) is 0 Å². The summed E-state index contributed by atoms with van der Waals surface area (Å²) in [6, 6.07) is 7.30. The third kappa shape index (κ3) is 15.0. The first kappa shape index (κ1) is 24.0. The van der Waals surface area contributed by atoms with Crippen molar-refractivity contribution in [3.63, 3.8) is 0 Å². The summed E-state index contributed by atoms with van der Waals surface area (Å²) in [5, 5.41) is 18.0. The Hall–Kier alpha value is -1.03. The van der Waals surface area contributed by atoms with Crippen LogP contribution >= 0.6 is 7.81 Å². The Balaban J connectivity index is 0.000000697. The molecule has 0 aliphatic heterocycles. The summed E-state index contributed by atoms with van der Waals surface area (Å²) in [7, 11) is -9.41. The zero-order valence-corrected chi connectivity index (χ0v) is 14.9. The Labute approximate surface area is 143 Å². The van der Waals surface area contributed by atoms with Crippen molar-refractivity contribution < 1.29 is 44.9 Å². The van der Waals surface area contributed by atoms with E-state index in [4.69, 9.17) is 14.9 Å². The molecule has 0 aliphatic carbocycles. The molecule has 12 heteroatoms. The van der Waals surface area contributed by atoms with E-state index in [9.17, 15) is 30.0 Å². The molecule has 25 heavy (non-hydrogen) atoms. The second-order valence-corrected chi connectivity index (χ2v) is 8.97. The van der Waals surface area contributed by atoms with Crippen LogP contribution in [0.15, 0.2) is 24.3 Å². The number of methoxy groups -OCH3 is 1. The Morgan fingerprint density at radius 3 is 1.88 bits per heavy atom. The molecule has 0 saturated heterocycles. The SMILES string of the molecule is COC(=O)c1ccccc1C[S+](CCO)CCO.F[P-](F)(F)(F)(F)F. The first-order valence-corrected chi connectivity index (χ1v) is 10.5. The molecule has 0 heterocycles. The van der Waals surface area contributed by atoms with Crippen molar-refractivity contribution in [1.82, 2.24) is 0 Å². The van der Waals surface area contributed by atoms with E-state index in [0.717, 1.165) is 5.56 Å². The van der Waals surface area contributed by atoms with Crippen molar-refractivity contribution in [3.05, 3.63) is 35.4 Å². The molecule has 0 saturated carbocycles. The van der Waals surface area contributed by atoms with E-state index in [1.807, 2.05) is 12.1 Å². The molecule has 0 fully saturated rings. The number of halogens is 6. The van der Waals surface area contributed by atoms with E-state index in [1.165, 1.54) is 7.11 Å². The summed E-state index contributed by atoms with van der Waals surface area (Å²) in [5.41, 5.74) is 1.47. The van der Waals surface area contributed by atoms with E-state index in [2.05, 4.69) is 0 Å². The number of aliphatic hydroxyl groups is 2. The quantitative estimate of drug-likeness (QED) is 0.306. The maximum atomic E-state index is 11.6. The van der Waals surface area contributed by atoms with Crippen molar-refractivity contribution in [2.45, 2.75) is 5.75 Å². The van der Waals surface area contributed by atoms with Crippen molar-refractivity contribution in [1.29, 1.82) is 0 Å². The first-order chi connectivity index (χ1) is 11.2. The van der Waals surface area contributed by atoms with Crippen LogP contribution < -0.4 is 0 Å². The van der Waals surface area contributed by atoms with Gasteiger partial charge in [-0.25, -0.2) is 4.79 Å². The summed E-state index contributed by atoms with van der Waals surface area (Å²) >= 11 is 0. The Kier molecular flexibility index (Phi) is 8.22. The number of ether oxygens (including phenoxy) is 1. The molecule has 4 nitrogen and oxygen atoms in total. The van der Waals surface area contributed by atoms with Crippen LogP contribution in [0.5, 0.6) is 0 Å². The van der Waals surface area contributed by atoms with Gasteiger partial charge in [-0.05, 0) is 17.0 Å². The molecule has 0 aliphatic rings. The first-order valence-electron chi connectivity index (χ1n) is 6.76. The molecule has 0 unspecified atom stereocenters. The van der Waals surface area contributed by atoms with Crippen molar-refractivity contribution in [2.75, 3.05) is 31.8 Å². The van der Waals surface area contributed by atoms with Crippen LogP contribution in [-0.2, 0) is 21.4 Å². The molecule has 1 aromatic carbocycles. The Morgan fingerprint density at radius 2 is 1.48 bits per heavy atom. The topological polar surface area (TPSA) is 66.8 Å². The zero-order valence-electron chi connectivity index (χ0n) is 13.2. The number of aliphatic hydroxyl groups excluding tert-OH is 2. The molecule has 0 bridgehead atoms. The van der Waals surface area contributed by atoms with Crippen LogP contribution in [0.3, 0.4) is 0 Å². The number of carbonyl (C=O) groups is 1. The van der Waals surface area contributed by atoms with Crippen LogP contribution in [-0.4, -0.2) is 48.0 Å². The van der Waals surface area contributed by atoms with Gasteiger partial charge in [0, 0.05) is 5.56 Å². The summed E-state index contributed by atoms with van der Waals surface area (Å²) in [4.78, 5) is 11.6. The number of hydrogen-bond donors (Lipinski definition) is 2. The summed E-state index contributed by atoms with van der Waals surface area (Å²) < 4.78 is 63.9. The van der Waals surface area contributed by atoms with Gasteiger partial charge in [0.15, 0.2) is 0 Å². The van der Waals surface area contributed by atoms with Crippen LogP contribution in [0.4, 0.5) is 25.2 Å². The molecule has 0 aromatic heterocycles. The number of carbonyl (C=O) groups excluding carboxylic acids is 1. The molecule has 0 spiro atoms. The van der Waals surface area contributed by atoms with E-state index in [1.54, 1.807) is 12.1 Å². The third-order valence-electron chi connectivity index (χ3n) is 2.54. The maximum absolute atomic E-state index is 11.6. The van der Waals surface area contributed by atoms with Gasteiger partial charge in [0.25, 0.3) is 0 Å². The molecular formula is C13H19F6O4PS. The van der Waals surface area contributed by atoms with Crippen molar-refractivity contribution in [2.24, 2.45) is 0 Å². The second-order valence-electron chi connectivity index (χ2n) is 4.72. The van der Waals surface area contributed by atoms with Crippen molar-refractivity contribution >= 4 is 24.7 Å². The average molecular weight is 416 g/mol. The fraction of sp³-hybridized carbons (Fsp3) is 0.462. The van der Waals surface area contributed by atoms with E-state index >= 15 is 0 Å². The van der Waals surface area contributed by atoms with Gasteiger partial charge < -0.3 is 14.9 Å². The second kappa shape index (κ2) is 8.57. The summed E-state index contributed by atoms with van der Waals surface area (Å²) in [6.45, 7) is 0.201. The van der Waals surface area contributed by atoms with Gasteiger partial charge in [0.2, 0.25) is 0 Å². The minimum absolute atomic E-state index is 0.101. The van der Waals surface area contributed by atoms with E-state index < -0.39 is 7.81 Å². The van der Waals surface area contributed by atoms with Crippen LogP contribution in [0, 0.1) is 0 Å². The molecule has 0 radical (unpaired) electrons. The Bertz CT molecular complexity index is 549. The fourth-order valence-electron chi connectivity index (χ4n) is 1.68. The Morgan fingerprint density at radius 1 is 1.04 bits per heavy atom. The van der Waals surface area contributed by atoms with E-state index in [-0.39, 0.29) is 30.1 Å². The van der Waals surface area contributed by atoms with Gasteiger partial charge in [0.05, 0.1) is 25.9 Å². The molecule has 1 aromatic rings. The normalized spacial score (nSPS) is 14.2. The van der Waals surface area contributed by atoms with Gasteiger partial charge in [-0.2, -0.15) is 0 Å². The van der Waals surface area contributed by atoms with Gasteiger partial charge in [0.1, 0.15) is 17.3 Å². The average Bonchev–Trinajstić information content (AvgIpc) is 2.44. The standard InChI is InChI=1S/C13H19O4S.F6P/c1-17-13(16)12-5-3-2-4-11(12)10-18(8-6-14)9-7-15;1-7(2,3,4,5)6/h2-5,14-15H,6-10H2,1H3;/q+1;-1. The predicted molar refractivity (Wildman–Crippen MR) is 86.3 cm³/mol. The number of hydrogen-bond acceptors (Lipinski definition) is 4. The van der Waals surface area contributed by atoms with Crippen LogP contribution in [0.2, 0.25) is 0 Å². The van der Waals surface area contributed by atoms with Gasteiger partial charge >= 0.3 is 39.0 Å². The molecule has 0 amide bonds. The van der Waals surface area contributed by atoms with Crippen LogP contribution in [0.1, 0.15) is 15.9 Å². The van der Waals surface area contributed by atoms with Gasteiger partial charge in [-0.1, -0.05) is 18.2 Å². The molecular weight excluding hydrogens is 397 g/mol. The fourth-order valence-corrected chi connectivity index (χ4v) is 3.38. The number of esters is 1. The van der Waals surface area contributed by atoms with Gasteiger partial charge in [-0.3, -0.25) is 0 Å². The predicted octanol–water partition coefficient (Wildman–Crippen LogP) is 3.96. The summed E-state index contributed by atoms with van der Waals surface area (Å²) in [5.74, 6) is 1.64. The minimum atomic E-state index is -10.7. The molecule has 2 N–H and O–H groups in total. The molecule has 148 valence electrons.